The van der Waals surface area contributed by atoms with Crippen LogP contribution in [-0.2, 0) is 0 Å². The summed E-state index contributed by atoms with van der Waals surface area (Å²) in [7, 11) is 0. The van der Waals surface area contributed by atoms with Gasteiger partial charge in [-0.2, -0.15) is 0 Å². The first-order chi connectivity index (χ1) is 10.4. The first-order valence-corrected chi connectivity index (χ1v) is 9.17. The van der Waals surface area contributed by atoms with Crippen LogP contribution in [0.4, 0.5) is 0 Å². The van der Waals surface area contributed by atoms with Gasteiger partial charge in [0.15, 0.2) is 0 Å². The van der Waals surface area contributed by atoms with Crippen LogP contribution in [0.3, 0.4) is 0 Å². The molecule has 1 atom stereocenters. The normalized spacial score (nSPS) is 17.4. The summed E-state index contributed by atoms with van der Waals surface area (Å²) in [5, 5.41) is 12.4. The quantitative estimate of drug-likeness (QED) is 0.467. The number of β-amino-alcohol motifs (C(OH)–C–C–N with tert-alkyl or cyclic N) is 1. The number of unbranched alkanes of at least 4 members (excludes halogenated alkanes) is 10. The van der Waals surface area contributed by atoms with Crippen LogP contribution in [0.15, 0.2) is 12.4 Å². The Bertz CT molecular complexity index is 256. The first-order valence-electron chi connectivity index (χ1n) is 9.17. The Morgan fingerprint density at radius 2 is 1.48 bits per heavy atom. The smallest absolute Gasteiger partial charge is 0.0982 e. The highest BCUT2D eigenvalue weighted by molar-refractivity contribution is 4.93. The van der Waals surface area contributed by atoms with E-state index < -0.39 is 0 Å². The molecule has 0 aromatic rings. The minimum absolute atomic E-state index is 0.237. The predicted octanol–water partition coefficient (Wildman–Crippen LogP) is 4.38. The molecule has 1 unspecified atom stereocenters. The van der Waals surface area contributed by atoms with Crippen LogP contribution in [0.2, 0.25) is 0 Å². The van der Waals surface area contributed by atoms with Gasteiger partial charge in [-0.3, -0.25) is 0 Å². The zero-order valence-electron chi connectivity index (χ0n) is 14.0. The molecule has 21 heavy (non-hydrogen) atoms. The lowest BCUT2D eigenvalue weighted by atomic mass is 10.0. The number of rotatable bonds is 14. The molecule has 0 spiro atoms. The molecule has 0 bridgehead atoms. The highest BCUT2D eigenvalue weighted by Gasteiger charge is 2.16. The third kappa shape index (κ3) is 9.02. The lowest BCUT2D eigenvalue weighted by Crippen LogP contribution is -2.36. The summed E-state index contributed by atoms with van der Waals surface area (Å²) in [6.45, 7) is 3.26. The highest BCUT2D eigenvalue weighted by atomic mass is 16.3. The molecular formula is C18H36N2O. The van der Waals surface area contributed by atoms with Crippen molar-refractivity contribution in [3.05, 3.63) is 12.4 Å². The van der Waals surface area contributed by atoms with Crippen molar-refractivity contribution in [2.75, 3.05) is 13.2 Å². The third-order valence-electron chi connectivity index (χ3n) is 4.39. The molecule has 124 valence electrons. The first kappa shape index (κ1) is 18.3. The van der Waals surface area contributed by atoms with E-state index in [4.69, 9.17) is 5.11 Å². The summed E-state index contributed by atoms with van der Waals surface area (Å²) >= 11 is 0. The lowest BCUT2D eigenvalue weighted by Gasteiger charge is -2.24. The molecule has 3 nitrogen and oxygen atoms in total. The Labute approximate surface area is 131 Å². The number of nitrogens with one attached hydrogen (secondary N) is 1. The molecule has 0 aliphatic carbocycles. The number of hydrogen-bond donors (Lipinski definition) is 2. The van der Waals surface area contributed by atoms with Crippen molar-refractivity contribution in [2.45, 2.75) is 90.1 Å². The van der Waals surface area contributed by atoms with E-state index in [1.54, 1.807) is 0 Å². The maximum absolute atomic E-state index is 9.00. The van der Waals surface area contributed by atoms with Crippen LogP contribution >= 0.6 is 0 Å². The van der Waals surface area contributed by atoms with Gasteiger partial charge in [0.05, 0.1) is 12.8 Å². The van der Waals surface area contributed by atoms with Crippen LogP contribution < -0.4 is 5.32 Å². The second kappa shape index (κ2) is 13.0. The second-order valence-corrected chi connectivity index (χ2v) is 6.28. The summed E-state index contributed by atoms with van der Waals surface area (Å²) in [6.07, 6.45) is 21.0. The molecule has 1 aliphatic heterocycles. The molecule has 2 N–H and O–H groups in total. The maximum atomic E-state index is 9.00. The van der Waals surface area contributed by atoms with Gasteiger partial charge in [0.2, 0.25) is 0 Å². The fraction of sp³-hybridized carbons (Fsp3) is 0.889. The highest BCUT2D eigenvalue weighted by Crippen LogP contribution is 2.15. The lowest BCUT2D eigenvalue weighted by molar-refractivity contribution is 0.194. The Hall–Kier alpha value is -0.700. The van der Waals surface area contributed by atoms with Crippen molar-refractivity contribution in [1.29, 1.82) is 0 Å². The summed E-state index contributed by atoms with van der Waals surface area (Å²) < 4.78 is 0. The van der Waals surface area contributed by atoms with E-state index in [2.05, 4.69) is 23.3 Å². The van der Waals surface area contributed by atoms with E-state index in [-0.39, 0.29) is 6.61 Å². The van der Waals surface area contributed by atoms with E-state index in [1.165, 1.54) is 77.0 Å². The third-order valence-corrected chi connectivity index (χ3v) is 4.39. The van der Waals surface area contributed by atoms with Crippen molar-refractivity contribution in [3.8, 4) is 0 Å². The molecule has 0 amide bonds. The van der Waals surface area contributed by atoms with Crippen molar-refractivity contribution < 1.29 is 5.11 Å². The molecule has 0 aromatic carbocycles. The van der Waals surface area contributed by atoms with Gasteiger partial charge < -0.3 is 15.3 Å². The van der Waals surface area contributed by atoms with Crippen LogP contribution in [0.25, 0.3) is 0 Å². The van der Waals surface area contributed by atoms with Crippen LogP contribution in [0.5, 0.6) is 0 Å². The summed E-state index contributed by atoms with van der Waals surface area (Å²) in [5.74, 6) is 0. The fourth-order valence-electron chi connectivity index (χ4n) is 3.05. The van der Waals surface area contributed by atoms with Crippen molar-refractivity contribution in [3.63, 3.8) is 0 Å². The van der Waals surface area contributed by atoms with Crippen molar-refractivity contribution >= 4 is 0 Å². The molecule has 1 heterocycles. The zero-order chi connectivity index (χ0) is 15.2. The Morgan fingerprint density at radius 1 is 0.905 bits per heavy atom. The monoisotopic (exact) mass is 296 g/mol. The second-order valence-electron chi connectivity index (χ2n) is 6.28. The van der Waals surface area contributed by atoms with Gasteiger partial charge in [-0.25, -0.2) is 0 Å². The van der Waals surface area contributed by atoms with Crippen LogP contribution in [-0.4, -0.2) is 29.3 Å². The van der Waals surface area contributed by atoms with Crippen LogP contribution in [0, 0.1) is 0 Å². The minimum atomic E-state index is 0.237. The Morgan fingerprint density at radius 3 is 2.05 bits per heavy atom. The van der Waals surface area contributed by atoms with E-state index >= 15 is 0 Å². The van der Waals surface area contributed by atoms with Gasteiger partial charge in [-0.05, 0) is 12.8 Å². The minimum Gasteiger partial charge on any atom is -0.395 e. The van der Waals surface area contributed by atoms with Gasteiger partial charge in [0, 0.05) is 18.9 Å². The molecule has 0 saturated heterocycles. The van der Waals surface area contributed by atoms with Gasteiger partial charge >= 0.3 is 0 Å². The number of nitrogens with zero attached hydrogens (tertiary/aromatic N) is 1. The van der Waals surface area contributed by atoms with Crippen molar-refractivity contribution in [2.24, 2.45) is 0 Å². The van der Waals surface area contributed by atoms with Gasteiger partial charge in [0.25, 0.3) is 0 Å². The van der Waals surface area contributed by atoms with Gasteiger partial charge in [-0.15, -0.1) is 0 Å². The van der Waals surface area contributed by atoms with E-state index in [9.17, 15) is 0 Å². The zero-order valence-corrected chi connectivity index (χ0v) is 14.0. The molecule has 0 saturated carbocycles. The molecule has 1 aliphatic rings. The number of aliphatic hydroxyl groups excluding tert-OH is 1. The number of hydrogen-bond acceptors (Lipinski definition) is 3. The molecule has 0 radical (unpaired) electrons. The summed E-state index contributed by atoms with van der Waals surface area (Å²) in [5.41, 5.74) is 0. The van der Waals surface area contributed by atoms with E-state index in [1.807, 2.05) is 6.20 Å². The molecule has 0 fully saturated rings. The van der Waals surface area contributed by atoms with Crippen molar-refractivity contribution in [1.82, 2.24) is 10.2 Å². The standard InChI is InChI=1S/C18H36N2O/c1-2-3-4-5-6-7-8-9-10-11-12-13-18-19-14-15-20(18)16-17-21/h14-15,18-19,21H,2-13,16-17H2,1H3. The maximum Gasteiger partial charge on any atom is 0.0982 e. The average Bonchev–Trinajstić information content (AvgIpc) is 2.92. The summed E-state index contributed by atoms with van der Waals surface area (Å²) in [6, 6.07) is 0. The number of aliphatic hydroxyl groups is 1. The Kier molecular flexibility index (Phi) is 11.4. The fourth-order valence-corrected chi connectivity index (χ4v) is 3.05. The Balaban J connectivity index is 1.82. The van der Waals surface area contributed by atoms with E-state index in [0.29, 0.717) is 6.17 Å². The van der Waals surface area contributed by atoms with Crippen LogP contribution in [0.1, 0.15) is 84.0 Å². The molecular weight excluding hydrogens is 260 g/mol. The molecule has 1 rings (SSSR count). The molecule has 0 aromatic heterocycles. The van der Waals surface area contributed by atoms with E-state index in [0.717, 1.165) is 6.54 Å². The largest absolute Gasteiger partial charge is 0.395 e. The van der Waals surface area contributed by atoms with Gasteiger partial charge in [0.1, 0.15) is 0 Å². The topological polar surface area (TPSA) is 35.5 Å². The predicted molar refractivity (Wildman–Crippen MR) is 90.9 cm³/mol. The summed E-state index contributed by atoms with van der Waals surface area (Å²) in [4.78, 5) is 2.20. The average molecular weight is 296 g/mol. The molecule has 3 heteroatoms. The SMILES string of the molecule is CCCCCCCCCCCCCC1NC=CN1CCO. The van der Waals surface area contributed by atoms with Gasteiger partial charge in [-0.1, -0.05) is 71.1 Å².